The molecule has 4 heteroatoms. The van der Waals surface area contributed by atoms with Crippen molar-refractivity contribution in [1.29, 1.82) is 0 Å². The van der Waals surface area contributed by atoms with Crippen LogP contribution in [0.25, 0.3) is 76.6 Å². The summed E-state index contributed by atoms with van der Waals surface area (Å²) >= 11 is 1.81. The van der Waals surface area contributed by atoms with E-state index in [0.717, 1.165) is 38.9 Å². The first-order chi connectivity index (χ1) is 21.3. The second kappa shape index (κ2) is 10.8. The Morgan fingerprint density at radius 3 is 1.33 bits per heavy atom. The SMILES string of the molecule is c1ccc(-c2cccc(-c3nc(-c4cccc(-c5ccccc5)c4)nc(-c4ccc5sc6ccccc6c5c4)n3)c2)cc1. The Morgan fingerprint density at radius 1 is 0.302 bits per heavy atom. The Kier molecular flexibility index (Phi) is 6.32. The molecule has 0 radical (unpaired) electrons. The van der Waals surface area contributed by atoms with Crippen molar-refractivity contribution < 1.29 is 0 Å². The number of fused-ring (bicyclic) bond motifs is 3. The van der Waals surface area contributed by atoms with Gasteiger partial charge in [0.1, 0.15) is 0 Å². The highest BCUT2D eigenvalue weighted by atomic mass is 32.1. The van der Waals surface area contributed by atoms with E-state index in [-0.39, 0.29) is 0 Å². The minimum Gasteiger partial charge on any atom is -0.208 e. The first-order valence-electron chi connectivity index (χ1n) is 14.3. The van der Waals surface area contributed by atoms with Gasteiger partial charge in [0.05, 0.1) is 0 Å². The molecule has 0 aliphatic rings. The molecule has 2 aromatic heterocycles. The number of hydrogen-bond acceptors (Lipinski definition) is 4. The molecular formula is C39H25N3S. The maximum Gasteiger partial charge on any atom is 0.164 e. The van der Waals surface area contributed by atoms with Gasteiger partial charge in [-0.15, -0.1) is 11.3 Å². The van der Waals surface area contributed by atoms with Gasteiger partial charge in [-0.25, -0.2) is 15.0 Å². The van der Waals surface area contributed by atoms with E-state index >= 15 is 0 Å². The zero-order chi connectivity index (χ0) is 28.6. The highest BCUT2D eigenvalue weighted by molar-refractivity contribution is 7.25. The molecule has 0 fully saturated rings. The third-order valence-electron chi connectivity index (χ3n) is 7.73. The van der Waals surface area contributed by atoms with Gasteiger partial charge in [0.15, 0.2) is 17.5 Å². The monoisotopic (exact) mass is 567 g/mol. The Morgan fingerprint density at radius 2 is 0.744 bits per heavy atom. The van der Waals surface area contributed by atoms with Crippen molar-refractivity contribution in [1.82, 2.24) is 15.0 Å². The highest BCUT2D eigenvalue weighted by Gasteiger charge is 2.15. The standard InChI is InChI=1S/C39H25N3S/c1-3-11-26(12-4-1)28-15-9-17-30(23-28)37-40-38(31-18-10-16-29(24-31)27-13-5-2-6-14-27)42-39(41-37)32-21-22-36-34(25-32)33-19-7-8-20-35(33)43-36/h1-25H. The number of hydrogen-bond donors (Lipinski definition) is 0. The molecule has 0 amide bonds. The van der Waals surface area contributed by atoms with Crippen molar-refractivity contribution >= 4 is 31.5 Å². The third kappa shape index (κ3) is 4.88. The molecule has 8 rings (SSSR count). The Bertz CT molecular complexity index is 2140. The highest BCUT2D eigenvalue weighted by Crippen LogP contribution is 2.36. The van der Waals surface area contributed by atoms with E-state index < -0.39 is 0 Å². The van der Waals surface area contributed by atoms with E-state index in [1.54, 1.807) is 0 Å². The lowest BCUT2D eigenvalue weighted by molar-refractivity contribution is 1.07. The second-order valence-corrected chi connectivity index (χ2v) is 11.6. The average Bonchev–Trinajstić information content (AvgIpc) is 3.47. The molecule has 2 heterocycles. The van der Waals surface area contributed by atoms with E-state index in [2.05, 4.69) is 140 Å². The van der Waals surface area contributed by atoms with Crippen LogP contribution in [0.4, 0.5) is 0 Å². The zero-order valence-corrected chi connectivity index (χ0v) is 24.0. The average molecular weight is 568 g/mol. The van der Waals surface area contributed by atoms with Crippen molar-refractivity contribution in [3.63, 3.8) is 0 Å². The predicted octanol–water partition coefficient (Wildman–Crippen LogP) is 10.6. The smallest absolute Gasteiger partial charge is 0.164 e. The van der Waals surface area contributed by atoms with Gasteiger partial charge in [-0.2, -0.15) is 0 Å². The van der Waals surface area contributed by atoms with Crippen LogP contribution in [-0.4, -0.2) is 15.0 Å². The largest absolute Gasteiger partial charge is 0.208 e. The van der Waals surface area contributed by atoms with Crippen LogP contribution in [0, 0.1) is 0 Å². The second-order valence-electron chi connectivity index (χ2n) is 10.5. The molecule has 0 aliphatic heterocycles. The summed E-state index contributed by atoms with van der Waals surface area (Å²) < 4.78 is 2.53. The van der Waals surface area contributed by atoms with E-state index in [1.807, 2.05) is 23.5 Å². The van der Waals surface area contributed by atoms with E-state index in [1.165, 1.54) is 20.2 Å². The van der Waals surface area contributed by atoms with Crippen LogP contribution in [0.15, 0.2) is 152 Å². The lowest BCUT2D eigenvalue weighted by atomic mass is 10.0. The number of aromatic nitrogens is 3. The van der Waals surface area contributed by atoms with Crippen LogP contribution in [0.3, 0.4) is 0 Å². The molecule has 0 unspecified atom stereocenters. The predicted molar refractivity (Wildman–Crippen MR) is 180 cm³/mol. The number of nitrogens with zero attached hydrogens (tertiary/aromatic N) is 3. The van der Waals surface area contributed by atoms with Gasteiger partial charge in [-0.3, -0.25) is 0 Å². The lowest BCUT2D eigenvalue weighted by Crippen LogP contribution is -2.00. The Hall–Kier alpha value is -5.45. The van der Waals surface area contributed by atoms with Gasteiger partial charge in [0.25, 0.3) is 0 Å². The molecule has 0 saturated heterocycles. The molecule has 0 N–H and O–H groups in total. The normalized spacial score (nSPS) is 11.3. The quantitative estimate of drug-likeness (QED) is 0.208. The van der Waals surface area contributed by atoms with Crippen LogP contribution < -0.4 is 0 Å². The van der Waals surface area contributed by atoms with Gasteiger partial charge in [0.2, 0.25) is 0 Å². The summed E-state index contributed by atoms with van der Waals surface area (Å²) in [5.41, 5.74) is 7.44. The molecule has 0 saturated carbocycles. The number of benzene rings is 6. The molecule has 0 spiro atoms. The van der Waals surface area contributed by atoms with Crippen molar-refractivity contribution in [2.24, 2.45) is 0 Å². The summed E-state index contributed by atoms with van der Waals surface area (Å²) in [7, 11) is 0. The molecule has 0 atom stereocenters. The molecule has 6 aromatic carbocycles. The Balaban J connectivity index is 1.31. The van der Waals surface area contributed by atoms with E-state index in [9.17, 15) is 0 Å². The minimum atomic E-state index is 0.651. The first kappa shape index (κ1) is 25.3. The van der Waals surface area contributed by atoms with Crippen molar-refractivity contribution in [2.75, 3.05) is 0 Å². The maximum absolute atomic E-state index is 5.07. The van der Waals surface area contributed by atoms with Gasteiger partial charge in [0, 0.05) is 36.9 Å². The van der Waals surface area contributed by atoms with E-state index in [0.29, 0.717) is 17.5 Å². The summed E-state index contributed by atoms with van der Waals surface area (Å²) in [5, 5.41) is 2.48. The van der Waals surface area contributed by atoms with Crippen LogP contribution in [-0.2, 0) is 0 Å². The maximum atomic E-state index is 5.07. The van der Waals surface area contributed by atoms with Crippen molar-refractivity contribution in [2.45, 2.75) is 0 Å². The molecule has 202 valence electrons. The molecule has 43 heavy (non-hydrogen) atoms. The fourth-order valence-corrected chi connectivity index (χ4v) is 6.65. The molecule has 0 bridgehead atoms. The summed E-state index contributed by atoms with van der Waals surface area (Å²) in [6.45, 7) is 0. The number of rotatable bonds is 5. The van der Waals surface area contributed by atoms with Gasteiger partial charge < -0.3 is 0 Å². The van der Waals surface area contributed by atoms with Crippen molar-refractivity contribution in [3.05, 3.63) is 152 Å². The van der Waals surface area contributed by atoms with Crippen LogP contribution in [0.1, 0.15) is 0 Å². The third-order valence-corrected chi connectivity index (χ3v) is 8.88. The van der Waals surface area contributed by atoms with Gasteiger partial charge in [-0.05, 0) is 58.7 Å². The number of thiophene rings is 1. The van der Waals surface area contributed by atoms with E-state index in [4.69, 9.17) is 15.0 Å². The summed E-state index contributed by atoms with van der Waals surface area (Å²) in [6, 6.07) is 52.8. The zero-order valence-electron chi connectivity index (χ0n) is 23.2. The molecular weight excluding hydrogens is 543 g/mol. The lowest BCUT2D eigenvalue weighted by Gasteiger charge is -2.11. The molecule has 8 aromatic rings. The van der Waals surface area contributed by atoms with Crippen LogP contribution in [0.5, 0.6) is 0 Å². The summed E-state index contributed by atoms with van der Waals surface area (Å²) in [6.07, 6.45) is 0. The van der Waals surface area contributed by atoms with Gasteiger partial charge >= 0.3 is 0 Å². The molecule has 0 aliphatic carbocycles. The first-order valence-corrected chi connectivity index (χ1v) is 15.1. The topological polar surface area (TPSA) is 38.7 Å². The Labute approximate surface area is 253 Å². The summed E-state index contributed by atoms with van der Waals surface area (Å²) in [4.78, 5) is 15.2. The van der Waals surface area contributed by atoms with Crippen LogP contribution >= 0.6 is 11.3 Å². The van der Waals surface area contributed by atoms with Crippen LogP contribution in [0.2, 0.25) is 0 Å². The minimum absolute atomic E-state index is 0.651. The summed E-state index contributed by atoms with van der Waals surface area (Å²) in [5.74, 6) is 1.96. The fourth-order valence-electron chi connectivity index (χ4n) is 5.57. The van der Waals surface area contributed by atoms with Crippen molar-refractivity contribution in [3.8, 4) is 56.4 Å². The van der Waals surface area contributed by atoms with Gasteiger partial charge in [-0.1, -0.05) is 115 Å². The fraction of sp³-hybridized carbons (Fsp3) is 0. The molecule has 3 nitrogen and oxygen atoms in total.